The molecule has 0 aromatic heterocycles. The van der Waals surface area contributed by atoms with E-state index in [-0.39, 0.29) is 90.7 Å². The van der Waals surface area contributed by atoms with E-state index in [1.807, 2.05) is 24.3 Å². The van der Waals surface area contributed by atoms with Crippen molar-refractivity contribution in [3.8, 4) is 11.5 Å². The number of esters is 2. The van der Waals surface area contributed by atoms with Crippen molar-refractivity contribution in [3.63, 3.8) is 0 Å². The van der Waals surface area contributed by atoms with E-state index < -0.39 is 24.1 Å². The normalized spacial score (nSPS) is 10.7. The van der Waals surface area contributed by atoms with Gasteiger partial charge in [-0.1, -0.05) is 61.7 Å². The third kappa shape index (κ3) is 13.0. The van der Waals surface area contributed by atoms with Crippen LogP contribution in [-0.4, -0.2) is 103 Å². The average Bonchev–Trinajstić information content (AvgIpc) is 3.10. The molecule has 0 fully saturated rings. The minimum Gasteiger partial charge on any atom is -0.460 e. The fraction of sp³-hybridized carbons (Fsp3) is 0.353. The average molecular weight is 669 g/mol. The zero-order chi connectivity index (χ0) is 34.4. The number of fused-ring (bicyclic) bond motifs is 3. The van der Waals surface area contributed by atoms with E-state index in [2.05, 4.69) is 23.8 Å². The molecule has 0 heterocycles. The highest BCUT2D eigenvalue weighted by Gasteiger charge is 2.21. The van der Waals surface area contributed by atoms with Crippen molar-refractivity contribution in [2.75, 3.05) is 79.2 Å². The van der Waals surface area contributed by atoms with Gasteiger partial charge in [-0.3, -0.25) is 0 Å². The van der Waals surface area contributed by atoms with E-state index in [1.165, 1.54) is 0 Å². The molecule has 0 unspecified atom stereocenters. The number of benzene rings is 3. The van der Waals surface area contributed by atoms with Gasteiger partial charge in [0, 0.05) is 36.0 Å². The molecule has 0 saturated heterocycles. The van der Waals surface area contributed by atoms with Gasteiger partial charge in [-0.15, -0.1) is 0 Å². The molecule has 0 aliphatic rings. The molecule has 258 valence electrons. The Labute approximate surface area is 277 Å². The van der Waals surface area contributed by atoms with Crippen LogP contribution in [0.3, 0.4) is 0 Å². The Morgan fingerprint density at radius 1 is 0.500 bits per heavy atom. The molecule has 0 radical (unpaired) electrons. The van der Waals surface area contributed by atoms with E-state index in [0.717, 1.165) is 22.9 Å². The standard InChI is InChI=1S/C34H40N2O12/c1-3-29(37)45-23-21-43-19-17-41-15-13-35-33(39)47-31-27-11-7-5-9-25(27)26-10-6-8-12-28(26)32(31)48-34(40)36-14-16-42-18-20-44-22-24-46-30(38)4-2/h3-12H,1-2,13-24H2,(H,35,39)(H,36,40). The zero-order valence-electron chi connectivity index (χ0n) is 26.6. The first-order chi connectivity index (χ1) is 23.4. The Kier molecular flexibility index (Phi) is 16.9. The summed E-state index contributed by atoms with van der Waals surface area (Å²) in [7, 11) is 0. The van der Waals surface area contributed by atoms with E-state index in [0.29, 0.717) is 10.8 Å². The van der Waals surface area contributed by atoms with Crippen molar-refractivity contribution in [2.24, 2.45) is 0 Å². The van der Waals surface area contributed by atoms with Crippen LogP contribution in [0.25, 0.3) is 21.5 Å². The molecular formula is C34H40N2O12. The summed E-state index contributed by atoms with van der Waals surface area (Å²) < 4.78 is 42.6. The van der Waals surface area contributed by atoms with Gasteiger partial charge in [0.2, 0.25) is 0 Å². The summed E-state index contributed by atoms with van der Waals surface area (Å²) in [6.45, 7) is 9.03. The van der Waals surface area contributed by atoms with Gasteiger partial charge in [0.15, 0.2) is 11.5 Å². The number of carbonyl (C=O) groups excluding carboxylic acids is 4. The van der Waals surface area contributed by atoms with Gasteiger partial charge in [0.1, 0.15) is 13.2 Å². The molecule has 2 N–H and O–H groups in total. The maximum absolute atomic E-state index is 12.8. The van der Waals surface area contributed by atoms with Crippen molar-refractivity contribution >= 4 is 45.7 Å². The summed E-state index contributed by atoms with van der Waals surface area (Å²) >= 11 is 0. The lowest BCUT2D eigenvalue weighted by Crippen LogP contribution is -2.32. The number of carbonyl (C=O) groups is 4. The minimum absolute atomic E-state index is 0.0793. The van der Waals surface area contributed by atoms with Crippen molar-refractivity contribution in [3.05, 3.63) is 73.8 Å². The van der Waals surface area contributed by atoms with E-state index in [4.69, 9.17) is 37.9 Å². The summed E-state index contributed by atoms with van der Waals surface area (Å²) in [4.78, 5) is 47.7. The fourth-order valence-corrected chi connectivity index (χ4v) is 4.15. The lowest BCUT2D eigenvalue weighted by Gasteiger charge is -2.17. The predicted molar refractivity (Wildman–Crippen MR) is 175 cm³/mol. The van der Waals surface area contributed by atoms with E-state index in [9.17, 15) is 19.2 Å². The van der Waals surface area contributed by atoms with Crippen LogP contribution in [0.15, 0.2) is 73.8 Å². The third-order valence-electron chi connectivity index (χ3n) is 6.28. The number of nitrogens with one attached hydrogen (secondary N) is 2. The van der Waals surface area contributed by atoms with Crippen LogP contribution in [0.5, 0.6) is 11.5 Å². The van der Waals surface area contributed by atoms with Crippen molar-refractivity contribution in [1.29, 1.82) is 0 Å². The lowest BCUT2D eigenvalue weighted by molar-refractivity contribution is -0.140. The second kappa shape index (κ2) is 21.7. The van der Waals surface area contributed by atoms with Crippen LogP contribution < -0.4 is 20.1 Å². The minimum atomic E-state index is -0.765. The first-order valence-electron chi connectivity index (χ1n) is 15.2. The Balaban J connectivity index is 1.50. The highest BCUT2D eigenvalue weighted by Crippen LogP contribution is 2.43. The van der Waals surface area contributed by atoms with E-state index >= 15 is 0 Å². The Hall–Kier alpha value is -5.02. The Bertz CT molecular complexity index is 1410. The van der Waals surface area contributed by atoms with Crippen LogP contribution in [0.2, 0.25) is 0 Å². The predicted octanol–water partition coefficient (Wildman–Crippen LogP) is 3.69. The molecule has 3 aromatic rings. The second-order valence-electron chi connectivity index (χ2n) is 9.57. The molecule has 0 aliphatic heterocycles. The van der Waals surface area contributed by atoms with Crippen molar-refractivity contribution in [1.82, 2.24) is 10.6 Å². The van der Waals surface area contributed by atoms with Gasteiger partial charge in [0.05, 0.1) is 52.9 Å². The van der Waals surface area contributed by atoms with Crippen molar-refractivity contribution < 1.29 is 57.1 Å². The van der Waals surface area contributed by atoms with Gasteiger partial charge in [-0.2, -0.15) is 0 Å². The van der Waals surface area contributed by atoms with E-state index in [1.54, 1.807) is 24.3 Å². The first-order valence-corrected chi connectivity index (χ1v) is 15.2. The molecule has 2 amide bonds. The molecule has 3 aromatic carbocycles. The van der Waals surface area contributed by atoms with Gasteiger partial charge in [-0.05, 0) is 10.8 Å². The Morgan fingerprint density at radius 3 is 1.21 bits per heavy atom. The Morgan fingerprint density at radius 2 is 0.833 bits per heavy atom. The number of amides is 2. The molecular weight excluding hydrogens is 628 g/mol. The zero-order valence-corrected chi connectivity index (χ0v) is 26.6. The van der Waals surface area contributed by atoms with Gasteiger partial charge in [-0.25, -0.2) is 19.2 Å². The number of hydrogen-bond acceptors (Lipinski definition) is 12. The van der Waals surface area contributed by atoms with Crippen molar-refractivity contribution in [2.45, 2.75) is 0 Å². The number of rotatable bonds is 22. The lowest BCUT2D eigenvalue weighted by atomic mass is 10.00. The van der Waals surface area contributed by atoms with Crippen LogP contribution in [0.4, 0.5) is 9.59 Å². The molecule has 0 saturated carbocycles. The topological polar surface area (TPSA) is 166 Å². The summed E-state index contributed by atoms with van der Waals surface area (Å²) in [5, 5.41) is 8.02. The molecule has 14 heteroatoms. The van der Waals surface area contributed by atoms with Crippen LogP contribution in [0, 0.1) is 0 Å². The van der Waals surface area contributed by atoms with Gasteiger partial charge >= 0.3 is 24.1 Å². The number of hydrogen-bond donors (Lipinski definition) is 2. The first kappa shape index (κ1) is 37.4. The SMILES string of the molecule is C=CC(=O)OCCOCCOCCNC(=O)Oc1c(OC(=O)NCCOCCOCCOC(=O)C=C)c2ccccc2c2ccccc12. The fourth-order valence-electron chi connectivity index (χ4n) is 4.15. The van der Waals surface area contributed by atoms with Crippen LogP contribution in [0.1, 0.15) is 0 Å². The summed E-state index contributed by atoms with van der Waals surface area (Å²) in [6, 6.07) is 14.6. The highest BCUT2D eigenvalue weighted by molar-refractivity contribution is 6.14. The molecule has 0 spiro atoms. The van der Waals surface area contributed by atoms with Gasteiger partial charge < -0.3 is 48.5 Å². The molecule has 3 rings (SSSR count). The summed E-state index contributed by atoms with van der Waals surface area (Å²) in [6.07, 6.45) is 0.620. The number of ether oxygens (including phenoxy) is 8. The molecule has 0 atom stereocenters. The monoisotopic (exact) mass is 668 g/mol. The maximum Gasteiger partial charge on any atom is 0.412 e. The summed E-state index contributed by atoms with van der Waals surface area (Å²) in [5.41, 5.74) is 0. The summed E-state index contributed by atoms with van der Waals surface area (Å²) in [5.74, 6) is -0.878. The largest absolute Gasteiger partial charge is 0.460 e. The smallest absolute Gasteiger partial charge is 0.412 e. The maximum atomic E-state index is 12.8. The van der Waals surface area contributed by atoms with Gasteiger partial charge in [0.25, 0.3) is 0 Å². The molecule has 0 aliphatic carbocycles. The third-order valence-corrected chi connectivity index (χ3v) is 6.28. The second-order valence-corrected chi connectivity index (χ2v) is 9.57. The van der Waals surface area contributed by atoms with Crippen LogP contribution >= 0.6 is 0 Å². The highest BCUT2D eigenvalue weighted by atomic mass is 16.6. The van der Waals surface area contributed by atoms with Crippen LogP contribution in [-0.2, 0) is 38.0 Å². The quantitative estimate of drug-likeness (QED) is 0.0691. The molecule has 0 bridgehead atoms. The molecule has 48 heavy (non-hydrogen) atoms. The molecule has 14 nitrogen and oxygen atoms in total.